The minimum Gasteiger partial charge on any atom is -0.494 e. The first kappa shape index (κ1) is 17.6. The first-order valence-corrected chi connectivity index (χ1v) is 7.49. The third kappa shape index (κ3) is 4.59. The molecule has 1 aliphatic rings. The first-order chi connectivity index (χ1) is 10.8. The van der Waals surface area contributed by atoms with Crippen LogP contribution in [0.5, 0.6) is 5.75 Å². The number of rotatable bonds is 4. The van der Waals surface area contributed by atoms with Gasteiger partial charge in [0.15, 0.2) is 11.6 Å². The minimum absolute atomic E-state index is 0.0333. The summed E-state index contributed by atoms with van der Waals surface area (Å²) in [6.07, 6.45) is -2.96. The Morgan fingerprint density at radius 3 is 2.61 bits per heavy atom. The fraction of sp³-hybridized carbons (Fsp3) is 0.562. The van der Waals surface area contributed by atoms with E-state index in [4.69, 9.17) is 4.74 Å². The van der Waals surface area contributed by atoms with Crippen LogP contribution in [0.4, 0.5) is 17.6 Å². The molecular weight excluding hydrogens is 314 g/mol. The van der Waals surface area contributed by atoms with E-state index in [0.717, 1.165) is 6.07 Å². The molecule has 0 aliphatic heterocycles. The summed E-state index contributed by atoms with van der Waals surface area (Å²) in [5.41, 5.74) is 0.389. The van der Waals surface area contributed by atoms with Crippen LogP contribution in [0.1, 0.15) is 31.2 Å². The van der Waals surface area contributed by atoms with Crippen LogP contribution in [-0.2, 0) is 11.2 Å². The molecule has 1 amide bonds. The lowest BCUT2D eigenvalue weighted by Gasteiger charge is -2.33. The molecule has 1 aliphatic carbocycles. The van der Waals surface area contributed by atoms with Crippen LogP contribution in [0.2, 0.25) is 0 Å². The molecule has 0 saturated heterocycles. The zero-order valence-corrected chi connectivity index (χ0v) is 12.8. The Labute approximate surface area is 132 Å². The van der Waals surface area contributed by atoms with Gasteiger partial charge in [-0.2, -0.15) is 13.2 Å². The van der Waals surface area contributed by atoms with Crippen LogP contribution in [0.25, 0.3) is 0 Å². The van der Waals surface area contributed by atoms with E-state index in [1.54, 1.807) is 0 Å². The maximum atomic E-state index is 13.6. The third-order valence-corrected chi connectivity index (χ3v) is 4.11. The number of amides is 1. The van der Waals surface area contributed by atoms with Crippen molar-refractivity contribution in [2.24, 2.45) is 5.92 Å². The maximum Gasteiger partial charge on any atom is 0.393 e. The molecule has 0 unspecified atom stereocenters. The molecule has 0 spiro atoms. The number of hydrogen-bond acceptors (Lipinski definition) is 2. The number of alkyl halides is 3. The maximum absolute atomic E-state index is 13.6. The number of methoxy groups -OCH3 is 1. The van der Waals surface area contributed by atoms with Crippen molar-refractivity contribution < 1.29 is 27.1 Å². The lowest BCUT2D eigenvalue weighted by atomic mass is 9.84. The summed E-state index contributed by atoms with van der Waals surface area (Å²) in [6, 6.07) is 3.15. The molecule has 0 radical (unpaired) electrons. The topological polar surface area (TPSA) is 38.3 Å². The first-order valence-electron chi connectivity index (χ1n) is 7.49. The molecule has 2 rings (SSSR count). The lowest BCUT2D eigenvalue weighted by Crippen LogP contribution is -2.48. The van der Waals surface area contributed by atoms with Crippen molar-refractivity contribution in [1.29, 1.82) is 0 Å². The van der Waals surface area contributed by atoms with Crippen molar-refractivity contribution in [3.63, 3.8) is 0 Å². The number of hydrogen-bond donors (Lipinski definition) is 1. The Balaban J connectivity index is 1.99. The van der Waals surface area contributed by atoms with E-state index in [2.05, 4.69) is 5.32 Å². The van der Waals surface area contributed by atoms with Crippen LogP contribution in [0, 0.1) is 11.7 Å². The standard InChI is InChI=1S/C16H19F4NO2/c1-23-14-7-6-10(8-12(14)17)9-15(22)21-13-5-3-2-4-11(13)16(18,19)20/h6-8,11,13H,2-5,9H2,1H3,(H,21,22)/t11-,13-/m1/s1. The van der Waals surface area contributed by atoms with Gasteiger partial charge in [-0.15, -0.1) is 0 Å². The van der Waals surface area contributed by atoms with Crippen molar-refractivity contribution in [2.75, 3.05) is 7.11 Å². The van der Waals surface area contributed by atoms with E-state index in [9.17, 15) is 22.4 Å². The molecule has 0 aromatic heterocycles. The predicted molar refractivity (Wildman–Crippen MR) is 76.6 cm³/mol. The van der Waals surface area contributed by atoms with Crippen molar-refractivity contribution in [3.05, 3.63) is 29.6 Å². The van der Waals surface area contributed by atoms with Gasteiger partial charge in [0.1, 0.15) is 0 Å². The van der Waals surface area contributed by atoms with Gasteiger partial charge in [0.05, 0.1) is 19.4 Å². The highest BCUT2D eigenvalue weighted by Crippen LogP contribution is 2.37. The molecule has 0 heterocycles. The van der Waals surface area contributed by atoms with Gasteiger partial charge in [-0.05, 0) is 30.5 Å². The summed E-state index contributed by atoms with van der Waals surface area (Å²) in [7, 11) is 1.32. The molecule has 128 valence electrons. The molecule has 1 fully saturated rings. The van der Waals surface area contributed by atoms with E-state index in [0.29, 0.717) is 24.8 Å². The van der Waals surface area contributed by atoms with Gasteiger partial charge >= 0.3 is 6.18 Å². The summed E-state index contributed by atoms with van der Waals surface area (Å²) in [5, 5.41) is 2.46. The molecule has 1 saturated carbocycles. The second-order valence-electron chi connectivity index (χ2n) is 5.75. The molecule has 23 heavy (non-hydrogen) atoms. The summed E-state index contributed by atoms with van der Waals surface area (Å²) in [5.74, 6) is -2.59. The van der Waals surface area contributed by atoms with Crippen molar-refractivity contribution in [3.8, 4) is 5.75 Å². The number of nitrogens with one attached hydrogen (secondary N) is 1. The summed E-state index contributed by atoms with van der Waals surface area (Å²) in [4.78, 5) is 12.0. The summed E-state index contributed by atoms with van der Waals surface area (Å²) < 4.78 is 57.3. The van der Waals surface area contributed by atoms with Crippen molar-refractivity contribution in [1.82, 2.24) is 5.32 Å². The number of ether oxygens (including phenoxy) is 1. The van der Waals surface area contributed by atoms with Gasteiger partial charge in [0.25, 0.3) is 0 Å². The average Bonchev–Trinajstić information content (AvgIpc) is 2.46. The highest BCUT2D eigenvalue weighted by Gasteiger charge is 2.45. The molecule has 1 aromatic rings. The Bertz CT molecular complexity index is 560. The molecular formula is C16H19F4NO2. The Morgan fingerprint density at radius 2 is 2.00 bits per heavy atom. The van der Waals surface area contributed by atoms with E-state index in [1.807, 2.05) is 0 Å². The smallest absolute Gasteiger partial charge is 0.393 e. The normalized spacial score (nSPS) is 21.8. The van der Waals surface area contributed by atoms with Gasteiger partial charge in [-0.25, -0.2) is 4.39 Å². The largest absolute Gasteiger partial charge is 0.494 e. The number of carbonyl (C=O) groups excluding carboxylic acids is 1. The van der Waals surface area contributed by atoms with Crippen molar-refractivity contribution >= 4 is 5.91 Å². The van der Waals surface area contributed by atoms with Gasteiger partial charge < -0.3 is 10.1 Å². The second kappa shape index (κ2) is 7.19. The van der Waals surface area contributed by atoms with Gasteiger partial charge in [-0.3, -0.25) is 4.79 Å². The monoisotopic (exact) mass is 333 g/mol. The number of carbonyl (C=O) groups is 1. The zero-order chi connectivity index (χ0) is 17.0. The van der Waals surface area contributed by atoms with E-state index in [-0.39, 0.29) is 18.6 Å². The van der Waals surface area contributed by atoms with Gasteiger partial charge in [0.2, 0.25) is 5.91 Å². The zero-order valence-electron chi connectivity index (χ0n) is 12.8. The quantitative estimate of drug-likeness (QED) is 0.855. The average molecular weight is 333 g/mol. The highest BCUT2D eigenvalue weighted by molar-refractivity contribution is 5.79. The van der Waals surface area contributed by atoms with Crippen LogP contribution >= 0.6 is 0 Å². The lowest BCUT2D eigenvalue weighted by molar-refractivity contribution is -0.189. The Hall–Kier alpha value is -1.79. The van der Waals surface area contributed by atoms with Crippen LogP contribution < -0.4 is 10.1 Å². The Kier molecular flexibility index (Phi) is 5.49. The fourth-order valence-corrected chi connectivity index (χ4v) is 2.96. The molecule has 0 bridgehead atoms. The predicted octanol–water partition coefficient (Wildman–Crippen LogP) is 3.61. The summed E-state index contributed by atoms with van der Waals surface area (Å²) in [6.45, 7) is 0. The molecule has 1 aromatic carbocycles. The molecule has 1 N–H and O–H groups in total. The van der Waals surface area contributed by atoms with Gasteiger partial charge in [-0.1, -0.05) is 18.9 Å². The number of benzene rings is 1. The molecule has 3 nitrogen and oxygen atoms in total. The SMILES string of the molecule is COc1ccc(CC(=O)N[C@@H]2CCCC[C@H]2C(F)(F)F)cc1F. The van der Waals surface area contributed by atoms with E-state index in [1.165, 1.54) is 19.2 Å². The van der Waals surface area contributed by atoms with Crippen molar-refractivity contribution in [2.45, 2.75) is 44.3 Å². The molecule has 2 atom stereocenters. The summed E-state index contributed by atoms with van der Waals surface area (Å²) >= 11 is 0. The molecule has 7 heteroatoms. The highest BCUT2D eigenvalue weighted by atomic mass is 19.4. The van der Waals surface area contributed by atoms with Crippen LogP contribution in [-0.4, -0.2) is 25.2 Å². The third-order valence-electron chi connectivity index (χ3n) is 4.11. The van der Waals surface area contributed by atoms with Crippen LogP contribution in [0.3, 0.4) is 0 Å². The van der Waals surface area contributed by atoms with E-state index >= 15 is 0 Å². The van der Waals surface area contributed by atoms with E-state index < -0.39 is 29.9 Å². The van der Waals surface area contributed by atoms with Gasteiger partial charge in [0, 0.05) is 6.04 Å². The fourth-order valence-electron chi connectivity index (χ4n) is 2.96. The minimum atomic E-state index is -4.31. The van der Waals surface area contributed by atoms with Crippen LogP contribution in [0.15, 0.2) is 18.2 Å². The second-order valence-corrected chi connectivity index (χ2v) is 5.75. The number of halogens is 4. The Morgan fingerprint density at radius 1 is 1.30 bits per heavy atom.